The molecule has 0 radical (unpaired) electrons. The number of nitrogens with zero attached hydrogens (tertiary/aromatic N) is 3. The van der Waals surface area contributed by atoms with Crippen molar-refractivity contribution in [1.29, 1.82) is 0 Å². The van der Waals surface area contributed by atoms with Crippen LogP contribution in [0, 0.1) is 0 Å². The Balaban J connectivity index is 1.64. The third-order valence-electron chi connectivity index (χ3n) is 4.59. The van der Waals surface area contributed by atoms with Gasteiger partial charge in [0.15, 0.2) is 0 Å². The van der Waals surface area contributed by atoms with Gasteiger partial charge in [0.05, 0.1) is 18.2 Å². The predicted octanol–water partition coefficient (Wildman–Crippen LogP) is 1.08. The van der Waals surface area contributed by atoms with E-state index < -0.39 is 0 Å². The van der Waals surface area contributed by atoms with E-state index >= 15 is 0 Å². The highest BCUT2D eigenvalue weighted by molar-refractivity contribution is 5.75. The number of hydrogen-bond donors (Lipinski definition) is 1. The second kappa shape index (κ2) is 6.62. The molecule has 0 saturated carbocycles. The molecular formula is C16H24N4O2. The van der Waals surface area contributed by atoms with Crippen LogP contribution >= 0.6 is 0 Å². The molecule has 0 aliphatic carbocycles. The first-order valence-electron chi connectivity index (χ1n) is 7.88. The molecule has 2 amide bonds. The minimum Gasteiger partial charge on any atom is -0.374 e. The summed E-state index contributed by atoms with van der Waals surface area (Å²) in [7, 11) is 4.10. The number of hydrogen-bond acceptors (Lipinski definition) is 4. The molecule has 0 bridgehead atoms. The average molecular weight is 304 g/mol. The van der Waals surface area contributed by atoms with Crippen LogP contribution in [0.25, 0.3) is 0 Å². The predicted molar refractivity (Wildman–Crippen MR) is 83.4 cm³/mol. The molecule has 120 valence electrons. The average Bonchev–Trinajstić information content (AvgIpc) is 2.93. The van der Waals surface area contributed by atoms with Crippen LogP contribution in [0.2, 0.25) is 0 Å². The molecule has 22 heavy (non-hydrogen) atoms. The molecule has 2 saturated heterocycles. The maximum absolute atomic E-state index is 12.6. The Morgan fingerprint density at radius 2 is 2.41 bits per heavy atom. The summed E-state index contributed by atoms with van der Waals surface area (Å²) in [4.78, 5) is 20.7. The highest BCUT2D eigenvalue weighted by atomic mass is 16.5. The van der Waals surface area contributed by atoms with Crippen LogP contribution in [-0.4, -0.2) is 66.2 Å². The largest absolute Gasteiger partial charge is 0.374 e. The smallest absolute Gasteiger partial charge is 0.318 e. The fourth-order valence-electron chi connectivity index (χ4n) is 3.40. The summed E-state index contributed by atoms with van der Waals surface area (Å²) in [6, 6.07) is 4.30. The lowest BCUT2D eigenvalue weighted by Crippen LogP contribution is -2.47. The van der Waals surface area contributed by atoms with Gasteiger partial charge in [-0.2, -0.15) is 0 Å². The van der Waals surface area contributed by atoms with Crippen LogP contribution < -0.4 is 5.32 Å². The van der Waals surface area contributed by atoms with Gasteiger partial charge in [-0.3, -0.25) is 4.98 Å². The maximum Gasteiger partial charge on any atom is 0.318 e. The first-order valence-corrected chi connectivity index (χ1v) is 7.88. The zero-order valence-corrected chi connectivity index (χ0v) is 13.2. The molecule has 6 heteroatoms. The number of fused-ring (bicyclic) bond motifs is 1. The van der Waals surface area contributed by atoms with E-state index in [1.165, 1.54) is 0 Å². The highest BCUT2D eigenvalue weighted by Crippen LogP contribution is 2.30. The number of pyridine rings is 1. The zero-order valence-electron chi connectivity index (χ0n) is 13.2. The minimum absolute atomic E-state index is 0.00583. The lowest BCUT2D eigenvalue weighted by molar-refractivity contribution is -0.0295. The third kappa shape index (κ3) is 3.08. The van der Waals surface area contributed by atoms with E-state index in [0.717, 1.165) is 31.6 Å². The van der Waals surface area contributed by atoms with Gasteiger partial charge in [0, 0.05) is 32.1 Å². The van der Waals surface area contributed by atoms with Crippen molar-refractivity contribution in [2.45, 2.75) is 37.6 Å². The summed E-state index contributed by atoms with van der Waals surface area (Å²) in [5.41, 5.74) is 1.01. The molecule has 0 aromatic carbocycles. The Morgan fingerprint density at radius 3 is 3.14 bits per heavy atom. The topological polar surface area (TPSA) is 57.7 Å². The van der Waals surface area contributed by atoms with Crippen molar-refractivity contribution < 1.29 is 9.53 Å². The summed E-state index contributed by atoms with van der Waals surface area (Å²) in [5.74, 6) is 0. The molecule has 0 unspecified atom stereocenters. The molecule has 6 nitrogen and oxygen atoms in total. The van der Waals surface area contributed by atoms with Crippen molar-refractivity contribution in [3.63, 3.8) is 0 Å². The number of nitrogens with one attached hydrogen (secondary N) is 1. The van der Waals surface area contributed by atoms with Crippen molar-refractivity contribution in [2.75, 3.05) is 27.2 Å². The first-order chi connectivity index (χ1) is 10.7. The monoisotopic (exact) mass is 304 g/mol. The van der Waals surface area contributed by atoms with E-state index in [2.05, 4.69) is 29.3 Å². The zero-order chi connectivity index (χ0) is 15.5. The number of likely N-dealkylation sites (N-methyl/N-ethyl adjacent to an activating group) is 1. The Hall–Kier alpha value is -1.66. The normalized spacial score (nSPS) is 27.8. The molecule has 1 N–H and O–H groups in total. The van der Waals surface area contributed by atoms with Crippen molar-refractivity contribution in [2.24, 2.45) is 0 Å². The fraction of sp³-hybridized carbons (Fsp3) is 0.625. The van der Waals surface area contributed by atoms with Crippen molar-refractivity contribution in [1.82, 2.24) is 20.1 Å². The molecule has 0 spiro atoms. The molecule has 1 aromatic heterocycles. The van der Waals surface area contributed by atoms with E-state index in [4.69, 9.17) is 4.74 Å². The molecule has 2 aliphatic heterocycles. The van der Waals surface area contributed by atoms with Gasteiger partial charge in [0.1, 0.15) is 0 Å². The summed E-state index contributed by atoms with van der Waals surface area (Å²) >= 11 is 0. The third-order valence-corrected chi connectivity index (χ3v) is 4.59. The highest BCUT2D eigenvalue weighted by Gasteiger charge is 2.46. The SMILES string of the molecule is CN(C)[C@@H]1CN(C(=O)NCc2cccnc2)[C@@H]2CCCO[C@H]12. The number of amides is 2. The number of aromatic nitrogens is 1. The number of carbonyl (C=O) groups is 1. The van der Waals surface area contributed by atoms with Gasteiger partial charge in [0.25, 0.3) is 0 Å². The van der Waals surface area contributed by atoms with Gasteiger partial charge in [0.2, 0.25) is 0 Å². The van der Waals surface area contributed by atoms with Crippen LogP contribution in [0.5, 0.6) is 0 Å². The molecule has 3 heterocycles. The summed E-state index contributed by atoms with van der Waals surface area (Å²) in [6.07, 6.45) is 5.69. The second-order valence-electron chi connectivity index (χ2n) is 6.25. The lowest BCUT2D eigenvalue weighted by Gasteiger charge is -2.33. The molecule has 3 atom stereocenters. The van der Waals surface area contributed by atoms with E-state index in [0.29, 0.717) is 6.54 Å². The van der Waals surface area contributed by atoms with E-state index in [9.17, 15) is 4.79 Å². The van der Waals surface area contributed by atoms with Crippen LogP contribution in [0.1, 0.15) is 18.4 Å². The summed E-state index contributed by atoms with van der Waals surface area (Å²) in [6.45, 7) is 2.03. The molecule has 2 fully saturated rings. The van der Waals surface area contributed by atoms with Crippen molar-refractivity contribution in [3.8, 4) is 0 Å². The van der Waals surface area contributed by atoms with E-state index in [1.807, 2.05) is 17.0 Å². The Morgan fingerprint density at radius 1 is 1.55 bits per heavy atom. The van der Waals surface area contributed by atoms with Crippen molar-refractivity contribution in [3.05, 3.63) is 30.1 Å². The van der Waals surface area contributed by atoms with E-state index in [-0.39, 0.29) is 24.2 Å². The fourth-order valence-corrected chi connectivity index (χ4v) is 3.40. The Bertz CT molecular complexity index is 508. The van der Waals surface area contributed by atoms with E-state index in [1.54, 1.807) is 12.4 Å². The van der Waals surface area contributed by atoms with Gasteiger partial charge >= 0.3 is 6.03 Å². The van der Waals surface area contributed by atoms with Crippen LogP contribution in [0.3, 0.4) is 0 Å². The quantitative estimate of drug-likeness (QED) is 0.908. The molecule has 1 aromatic rings. The van der Waals surface area contributed by atoms with Gasteiger partial charge in [-0.1, -0.05) is 6.07 Å². The molecule has 2 aliphatic rings. The second-order valence-corrected chi connectivity index (χ2v) is 6.25. The number of ether oxygens (including phenoxy) is 1. The van der Waals surface area contributed by atoms with Gasteiger partial charge in [-0.25, -0.2) is 4.79 Å². The Kier molecular flexibility index (Phi) is 4.59. The van der Waals surface area contributed by atoms with Gasteiger partial charge in [-0.15, -0.1) is 0 Å². The number of urea groups is 1. The first kappa shape index (κ1) is 15.2. The van der Waals surface area contributed by atoms with Gasteiger partial charge in [-0.05, 0) is 38.6 Å². The lowest BCUT2D eigenvalue weighted by atomic mass is 10.0. The van der Waals surface area contributed by atoms with Gasteiger partial charge < -0.3 is 19.9 Å². The maximum atomic E-state index is 12.6. The standard InChI is InChI=1S/C16H24N4O2/c1-19(2)14-11-20(13-6-4-8-22-15(13)14)16(21)18-10-12-5-3-7-17-9-12/h3,5,7,9,13-15H,4,6,8,10-11H2,1-2H3,(H,18,21)/t13-,14-,15+/m1/s1. The van der Waals surface area contributed by atoms with Crippen LogP contribution in [0.4, 0.5) is 4.79 Å². The molecule has 3 rings (SSSR count). The van der Waals surface area contributed by atoms with Crippen LogP contribution in [0.15, 0.2) is 24.5 Å². The minimum atomic E-state index is -0.00583. The Labute approximate surface area is 131 Å². The number of carbonyl (C=O) groups excluding carboxylic acids is 1. The number of rotatable bonds is 3. The van der Waals surface area contributed by atoms with Crippen molar-refractivity contribution >= 4 is 6.03 Å². The molecular weight excluding hydrogens is 280 g/mol. The van der Waals surface area contributed by atoms with Crippen LogP contribution in [-0.2, 0) is 11.3 Å². The summed E-state index contributed by atoms with van der Waals surface area (Å²) in [5, 5.41) is 3.01. The number of likely N-dealkylation sites (tertiary alicyclic amines) is 1. The summed E-state index contributed by atoms with van der Waals surface area (Å²) < 4.78 is 5.95.